The monoisotopic (exact) mass is 160 g/mol. The molecule has 0 saturated carbocycles. The summed E-state index contributed by atoms with van der Waals surface area (Å²) >= 11 is 0. The molecular formula is C8H16O3. The Hall–Kier alpha value is -0.540. The van der Waals surface area contributed by atoms with Crippen LogP contribution in [0.3, 0.4) is 0 Å². The van der Waals surface area contributed by atoms with Crippen LogP contribution >= 0.6 is 0 Å². The number of rotatable bonds is 7. The Kier molecular flexibility index (Phi) is 7.19. The Morgan fingerprint density at radius 2 is 2.09 bits per heavy atom. The van der Waals surface area contributed by atoms with Crippen LogP contribution in [0.2, 0.25) is 0 Å². The molecule has 1 atom stereocenters. The van der Waals surface area contributed by atoms with Gasteiger partial charge in [0.1, 0.15) is 0 Å². The third kappa shape index (κ3) is 5.88. The lowest BCUT2D eigenvalue weighted by molar-refractivity contribution is 0.146. The standard InChI is InChI=1S/C8H16O3/c1-2-11-6-4-8(7-10)3-5-9/h2,8-10H,1,3-7H2. The molecule has 0 radical (unpaired) electrons. The molecule has 0 spiro atoms. The van der Waals surface area contributed by atoms with E-state index < -0.39 is 0 Å². The molecule has 0 aliphatic rings. The van der Waals surface area contributed by atoms with Crippen molar-refractivity contribution >= 4 is 0 Å². The Labute approximate surface area is 67.3 Å². The molecule has 0 amide bonds. The quantitative estimate of drug-likeness (QED) is 0.422. The summed E-state index contributed by atoms with van der Waals surface area (Å²) < 4.78 is 4.88. The summed E-state index contributed by atoms with van der Waals surface area (Å²) in [6.07, 6.45) is 2.79. The highest BCUT2D eigenvalue weighted by atomic mass is 16.5. The summed E-state index contributed by atoms with van der Waals surface area (Å²) in [5.74, 6) is 0.153. The van der Waals surface area contributed by atoms with Crippen molar-refractivity contribution < 1.29 is 14.9 Å². The number of hydrogen-bond donors (Lipinski definition) is 2. The minimum absolute atomic E-state index is 0.112. The van der Waals surface area contributed by atoms with Crippen LogP contribution in [0.4, 0.5) is 0 Å². The molecule has 0 rings (SSSR count). The van der Waals surface area contributed by atoms with Crippen LogP contribution in [0.1, 0.15) is 12.8 Å². The summed E-state index contributed by atoms with van der Waals surface area (Å²) in [5, 5.41) is 17.3. The van der Waals surface area contributed by atoms with Gasteiger partial charge in [0.15, 0.2) is 0 Å². The second kappa shape index (κ2) is 7.57. The molecule has 0 aromatic heterocycles. The zero-order valence-electron chi connectivity index (χ0n) is 6.70. The van der Waals surface area contributed by atoms with Crippen molar-refractivity contribution in [3.8, 4) is 0 Å². The zero-order chi connectivity index (χ0) is 8.53. The first-order valence-corrected chi connectivity index (χ1v) is 3.79. The first kappa shape index (κ1) is 10.5. The predicted molar refractivity (Wildman–Crippen MR) is 43.0 cm³/mol. The van der Waals surface area contributed by atoms with E-state index in [0.717, 1.165) is 6.42 Å². The van der Waals surface area contributed by atoms with Gasteiger partial charge in [-0.3, -0.25) is 0 Å². The van der Waals surface area contributed by atoms with Crippen molar-refractivity contribution in [2.24, 2.45) is 5.92 Å². The van der Waals surface area contributed by atoms with E-state index in [-0.39, 0.29) is 19.1 Å². The average Bonchev–Trinajstić information content (AvgIpc) is 2.03. The lowest BCUT2D eigenvalue weighted by atomic mass is 10.0. The summed E-state index contributed by atoms with van der Waals surface area (Å²) in [7, 11) is 0. The zero-order valence-corrected chi connectivity index (χ0v) is 6.70. The smallest absolute Gasteiger partial charge is 0.0876 e. The highest BCUT2D eigenvalue weighted by molar-refractivity contribution is 4.58. The van der Waals surface area contributed by atoms with Crippen LogP contribution in [0.25, 0.3) is 0 Å². The van der Waals surface area contributed by atoms with Crippen molar-refractivity contribution in [1.82, 2.24) is 0 Å². The van der Waals surface area contributed by atoms with Gasteiger partial charge in [-0.05, 0) is 18.8 Å². The molecule has 3 heteroatoms. The van der Waals surface area contributed by atoms with Gasteiger partial charge in [-0.1, -0.05) is 6.58 Å². The van der Waals surface area contributed by atoms with Gasteiger partial charge in [-0.2, -0.15) is 0 Å². The van der Waals surface area contributed by atoms with Gasteiger partial charge in [0.25, 0.3) is 0 Å². The predicted octanol–water partition coefficient (Wildman–Crippen LogP) is 0.527. The van der Waals surface area contributed by atoms with Gasteiger partial charge < -0.3 is 14.9 Å². The lowest BCUT2D eigenvalue weighted by Crippen LogP contribution is -2.10. The second-order valence-electron chi connectivity index (χ2n) is 2.39. The number of ether oxygens (including phenoxy) is 1. The largest absolute Gasteiger partial charge is 0.502 e. The molecule has 0 aromatic carbocycles. The van der Waals surface area contributed by atoms with E-state index in [4.69, 9.17) is 14.9 Å². The molecule has 3 nitrogen and oxygen atoms in total. The van der Waals surface area contributed by atoms with Crippen molar-refractivity contribution in [1.29, 1.82) is 0 Å². The summed E-state index contributed by atoms with van der Waals surface area (Å²) in [5.41, 5.74) is 0. The van der Waals surface area contributed by atoms with Gasteiger partial charge in [0.2, 0.25) is 0 Å². The minimum atomic E-state index is 0.112. The maximum Gasteiger partial charge on any atom is 0.0876 e. The third-order valence-corrected chi connectivity index (χ3v) is 1.56. The molecule has 0 aliphatic heterocycles. The fourth-order valence-corrected chi connectivity index (χ4v) is 0.828. The molecule has 0 aliphatic carbocycles. The van der Waals surface area contributed by atoms with E-state index in [1.54, 1.807) is 0 Å². The molecule has 0 bridgehead atoms. The molecule has 11 heavy (non-hydrogen) atoms. The normalized spacial score (nSPS) is 12.5. The lowest BCUT2D eigenvalue weighted by Gasteiger charge is -2.11. The van der Waals surface area contributed by atoms with Crippen molar-refractivity contribution in [2.45, 2.75) is 12.8 Å². The van der Waals surface area contributed by atoms with Gasteiger partial charge in [0.05, 0.1) is 12.9 Å². The molecule has 0 saturated heterocycles. The van der Waals surface area contributed by atoms with Crippen LogP contribution in [-0.4, -0.2) is 30.0 Å². The van der Waals surface area contributed by atoms with Gasteiger partial charge >= 0.3 is 0 Å². The Bertz CT molecular complexity index is 93.3. The first-order chi connectivity index (χ1) is 5.35. The average molecular weight is 160 g/mol. The maximum absolute atomic E-state index is 8.76. The van der Waals surface area contributed by atoms with E-state index in [0.29, 0.717) is 13.0 Å². The van der Waals surface area contributed by atoms with Crippen molar-refractivity contribution in [3.63, 3.8) is 0 Å². The SMILES string of the molecule is C=COCCC(CO)CCO. The Balaban J connectivity index is 3.27. The Morgan fingerprint density at radius 3 is 2.55 bits per heavy atom. The summed E-state index contributed by atoms with van der Waals surface area (Å²) in [6, 6.07) is 0. The van der Waals surface area contributed by atoms with Gasteiger partial charge in [-0.25, -0.2) is 0 Å². The second-order valence-corrected chi connectivity index (χ2v) is 2.39. The van der Waals surface area contributed by atoms with Crippen molar-refractivity contribution in [3.05, 3.63) is 12.8 Å². The molecular weight excluding hydrogens is 144 g/mol. The fraction of sp³-hybridized carbons (Fsp3) is 0.750. The summed E-state index contributed by atoms with van der Waals surface area (Å²) in [6.45, 7) is 4.20. The minimum Gasteiger partial charge on any atom is -0.502 e. The van der Waals surface area contributed by atoms with Crippen molar-refractivity contribution in [2.75, 3.05) is 19.8 Å². The number of hydrogen-bond acceptors (Lipinski definition) is 3. The van der Waals surface area contributed by atoms with Crippen LogP contribution in [-0.2, 0) is 4.74 Å². The van der Waals surface area contributed by atoms with E-state index in [2.05, 4.69) is 6.58 Å². The molecule has 0 heterocycles. The van der Waals surface area contributed by atoms with Crippen LogP contribution in [0, 0.1) is 5.92 Å². The molecule has 0 aromatic rings. The van der Waals surface area contributed by atoms with Crippen LogP contribution < -0.4 is 0 Å². The topological polar surface area (TPSA) is 49.7 Å². The molecule has 1 unspecified atom stereocenters. The highest BCUT2D eigenvalue weighted by Gasteiger charge is 2.05. The van der Waals surface area contributed by atoms with Gasteiger partial charge in [-0.15, -0.1) is 0 Å². The van der Waals surface area contributed by atoms with Crippen LogP contribution in [0.5, 0.6) is 0 Å². The Morgan fingerprint density at radius 1 is 1.36 bits per heavy atom. The van der Waals surface area contributed by atoms with Crippen LogP contribution in [0.15, 0.2) is 12.8 Å². The van der Waals surface area contributed by atoms with E-state index in [9.17, 15) is 0 Å². The highest BCUT2D eigenvalue weighted by Crippen LogP contribution is 2.06. The van der Waals surface area contributed by atoms with E-state index >= 15 is 0 Å². The number of aliphatic hydroxyl groups excluding tert-OH is 2. The third-order valence-electron chi connectivity index (χ3n) is 1.56. The number of aliphatic hydroxyl groups is 2. The molecule has 0 fully saturated rings. The summed E-state index contributed by atoms with van der Waals surface area (Å²) in [4.78, 5) is 0. The van der Waals surface area contributed by atoms with E-state index in [1.807, 2.05) is 0 Å². The van der Waals surface area contributed by atoms with E-state index in [1.165, 1.54) is 6.26 Å². The maximum atomic E-state index is 8.76. The fourth-order valence-electron chi connectivity index (χ4n) is 0.828. The first-order valence-electron chi connectivity index (χ1n) is 3.79. The molecule has 66 valence electrons. The van der Waals surface area contributed by atoms with Gasteiger partial charge in [0, 0.05) is 13.2 Å². The molecule has 2 N–H and O–H groups in total.